The molecule has 0 radical (unpaired) electrons. The lowest BCUT2D eigenvalue weighted by molar-refractivity contribution is -0.130. The lowest BCUT2D eigenvalue weighted by atomic mass is 10.1. The summed E-state index contributed by atoms with van der Waals surface area (Å²) in [7, 11) is 0. The largest absolute Gasteiger partial charge is 0.322 e. The molecule has 1 heterocycles. The topological polar surface area (TPSA) is 32.3 Å². The normalized spacial score (nSPS) is 23.7. The summed E-state index contributed by atoms with van der Waals surface area (Å²) in [6.07, 6.45) is 1.84. The van der Waals surface area contributed by atoms with Crippen molar-refractivity contribution in [1.82, 2.24) is 10.2 Å². The summed E-state index contributed by atoms with van der Waals surface area (Å²) in [6.45, 7) is 4.81. The molecule has 4 heteroatoms. The first-order chi connectivity index (χ1) is 8.67. The molecule has 1 amide bonds. The first-order valence-corrected chi connectivity index (χ1v) is 6.87. The first kappa shape index (κ1) is 13.4. The maximum atomic E-state index is 12.2. The van der Waals surface area contributed by atoms with Gasteiger partial charge in [0.15, 0.2) is 0 Å². The lowest BCUT2D eigenvalue weighted by Crippen LogP contribution is -2.30. The number of rotatable bonds is 4. The van der Waals surface area contributed by atoms with Gasteiger partial charge in [-0.3, -0.25) is 10.1 Å². The molecule has 2 atom stereocenters. The zero-order valence-corrected chi connectivity index (χ0v) is 11.6. The van der Waals surface area contributed by atoms with E-state index >= 15 is 0 Å². The van der Waals surface area contributed by atoms with E-state index in [1.54, 1.807) is 0 Å². The van der Waals surface area contributed by atoms with E-state index in [1.165, 1.54) is 0 Å². The molecule has 2 unspecified atom stereocenters. The molecular formula is C14H19ClN2O. The molecule has 1 saturated heterocycles. The molecule has 1 aromatic carbocycles. The highest BCUT2D eigenvalue weighted by Gasteiger charge is 2.37. The van der Waals surface area contributed by atoms with E-state index < -0.39 is 0 Å². The van der Waals surface area contributed by atoms with Crippen LogP contribution in [0.5, 0.6) is 0 Å². The van der Waals surface area contributed by atoms with Gasteiger partial charge in [-0.05, 0) is 31.0 Å². The molecule has 0 aromatic heterocycles. The van der Waals surface area contributed by atoms with Crippen LogP contribution in [0.25, 0.3) is 0 Å². The molecule has 2 rings (SSSR count). The Morgan fingerprint density at radius 2 is 2.17 bits per heavy atom. The third-order valence-corrected chi connectivity index (χ3v) is 3.57. The van der Waals surface area contributed by atoms with Gasteiger partial charge < -0.3 is 4.90 Å². The number of carbonyl (C=O) groups excluding carboxylic acids is 1. The van der Waals surface area contributed by atoms with Crippen LogP contribution in [-0.4, -0.2) is 23.4 Å². The third kappa shape index (κ3) is 2.52. The number of carbonyl (C=O) groups is 1. The molecule has 1 aliphatic heterocycles. The van der Waals surface area contributed by atoms with E-state index in [0.717, 1.165) is 18.4 Å². The third-order valence-electron chi connectivity index (χ3n) is 3.33. The Balaban J connectivity index is 2.24. The highest BCUT2D eigenvalue weighted by atomic mass is 35.5. The molecule has 0 bridgehead atoms. The molecule has 98 valence electrons. The van der Waals surface area contributed by atoms with Crippen molar-refractivity contribution in [3.8, 4) is 0 Å². The molecule has 1 aliphatic rings. The second kappa shape index (κ2) is 5.72. The number of nitrogens with zero attached hydrogens (tertiary/aromatic N) is 1. The number of hydrogen-bond donors (Lipinski definition) is 1. The number of hydrogen-bond acceptors (Lipinski definition) is 2. The minimum Gasteiger partial charge on any atom is -0.322 e. The number of nitrogens with one attached hydrogen (secondary N) is 1. The number of amides is 1. The van der Waals surface area contributed by atoms with Crippen molar-refractivity contribution in [3.63, 3.8) is 0 Å². The highest BCUT2D eigenvalue weighted by molar-refractivity contribution is 6.30. The van der Waals surface area contributed by atoms with E-state index in [9.17, 15) is 4.79 Å². The molecule has 18 heavy (non-hydrogen) atoms. The molecule has 0 spiro atoms. The average molecular weight is 267 g/mol. The molecule has 3 nitrogen and oxygen atoms in total. The summed E-state index contributed by atoms with van der Waals surface area (Å²) < 4.78 is 0. The predicted octanol–water partition coefficient (Wildman–Crippen LogP) is 2.96. The van der Waals surface area contributed by atoms with Gasteiger partial charge in [0.25, 0.3) is 0 Å². The molecule has 1 N–H and O–H groups in total. The quantitative estimate of drug-likeness (QED) is 0.909. The van der Waals surface area contributed by atoms with Crippen LogP contribution in [-0.2, 0) is 4.79 Å². The lowest BCUT2D eigenvalue weighted by Gasteiger charge is -2.23. The molecule has 0 aliphatic carbocycles. The van der Waals surface area contributed by atoms with E-state index in [2.05, 4.69) is 12.2 Å². The smallest absolute Gasteiger partial charge is 0.241 e. The van der Waals surface area contributed by atoms with Gasteiger partial charge in [-0.15, -0.1) is 0 Å². The zero-order valence-electron chi connectivity index (χ0n) is 10.8. The van der Waals surface area contributed by atoms with Crippen LogP contribution in [0.3, 0.4) is 0 Å². The van der Waals surface area contributed by atoms with E-state index in [0.29, 0.717) is 11.6 Å². The van der Waals surface area contributed by atoms with E-state index in [1.807, 2.05) is 36.1 Å². The Morgan fingerprint density at radius 3 is 2.78 bits per heavy atom. The minimum absolute atomic E-state index is 0.0437. The van der Waals surface area contributed by atoms with Crippen LogP contribution in [0, 0.1) is 0 Å². The van der Waals surface area contributed by atoms with Gasteiger partial charge in [0.1, 0.15) is 6.17 Å². The van der Waals surface area contributed by atoms with Gasteiger partial charge in [0.05, 0.1) is 6.04 Å². The average Bonchev–Trinajstić information content (AvgIpc) is 2.67. The fraction of sp³-hybridized carbons (Fsp3) is 0.500. The van der Waals surface area contributed by atoms with Gasteiger partial charge >= 0.3 is 0 Å². The van der Waals surface area contributed by atoms with Crippen LogP contribution in [0.15, 0.2) is 24.3 Å². The summed E-state index contributed by atoms with van der Waals surface area (Å²) in [5.41, 5.74) is 1.05. The number of benzene rings is 1. The van der Waals surface area contributed by atoms with Crippen molar-refractivity contribution in [1.29, 1.82) is 0 Å². The second-order valence-corrected chi connectivity index (χ2v) is 5.03. The summed E-state index contributed by atoms with van der Waals surface area (Å²) in [6, 6.07) is 7.64. The maximum Gasteiger partial charge on any atom is 0.241 e. The van der Waals surface area contributed by atoms with E-state index in [4.69, 9.17) is 11.6 Å². The van der Waals surface area contributed by atoms with Crippen molar-refractivity contribution in [2.45, 2.75) is 38.9 Å². The van der Waals surface area contributed by atoms with Crippen molar-refractivity contribution in [3.05, 3.63) is 34.9 Å². The van der Waals surface area contributed by atoms with Gasteiger partial charge in [-0.25, -0.2) is 0 Å². The Kier molecular flexibility index (Phi) is 4.25. The SMILES string of the molecule is CCCC1NC(c2cccc(Cl)c2)N(CC)C1=O. The van der Waals surface area contributed by atoms with Gasteiger partial charge in [-0.2, -0.15) is 0 Å². The highest BCUT2D eigenvalue weighted by Crippen LogP contribution is 2.28. The minimum atomic E-state index is -0.0565. The van der Waals surface area contributed by atoms with Crippen molar-refractivity contribution >= 4 is 17.5 Å². The summed E-state index contributed by atoms with van der Waals surface area (Å²) >= 11 is 6.02. The maximum absolute atomic E-state index is 12.2. The molecular weight excluding hydrogens is 248 g/mol. The fourth-order valence-corrected chi connectivity index (χ4v) is 2.66. The first-order valence-electron chi connectivity index (χ1n) is 6.49. The Morgan fingerprint density at radius 1 is 1.39 bits per heavy atom. The monoisotopic (exact) mass is 266 g/mol. The molecule has 1 aromatic rings. The second-order valence-electron chi connectivity index (χ2n) is 4.59. The Bertz CT molecular complexity index is 436. The number of halogens is 1. The number of likely N-dealkylation sites (N-methyl/N-ethyl adjacent to an activating group) is 1. The predicted molar refractivity (Wildman–Crippen MR) is 73.4 cm³/mol. The summed E-state index contributed by atoms with van der Waals surface area (Å²) in [5, 5.41) is 4.11. The standard InChI is InChI=1S/C14H19ClN2O/c1-3-6-12-14(18)17(4-2)13(16-12)10-7-5-8-11(15)9-10/h5,7-9,12-13,16H,3-4,6H2,1-2H3. The summed E-state index contributed by atoms with van der Waals surface area (Å²) in [4.78, 5) is 14.1. The van der Waals surface area contributed by atoms with Crippen molar-refractivity contribution in [2.24, 2.45) is 0 Å². The van der Waals surface area contributed by atoms with Crippen molar-refractivity contribution in [2.75, 3.05) is 6.54 Å². The van der Waals surface area contributed by atoms with Gasteiger partial charge in [0.2, 0.25) is 5.91 Å². The summed E-state index contributed by atoms with van der Waals surface area (Å²) in [5.74, 6) is 0.198. The van der Waals surface area contributed by atoms with Gasteiger partial charge in [-0.1, -0.05) is 37.1 Å². The fourth-order valence-electron chi connectivity index (χ4n) is 2.47. The van der Waals surface area contributed by atoms with Crippen LogP contribution in [0.1, 0.15) is 38.4 Å². The van der Waals surface area contributed by atoms with E-state index in [-0.39, 0.29) is 18.1 Å². The van der Waals surface area contributed by atoms with Crippen molar-refractivity contribution < 1.29 is 4.79 Å². The Labute approximate surface area is 113 Å². The Hall–Kier alpha value is -1.06. The van der Waals surface area contributed by atoms with Gasteiger partial charge in [0, 0.05) is 11.6 Å². The molecule has 1 fully saturated rings. The zero-order chi connectivity index (χ0) is 13.1. The van der Waals surface area contributed by atoms with Crippen LogP contribution >= 0.6 is 11.6 Å². The van der Waals surface area contributed by atoms with Crippen LogP contribution in [0.2, 0.25) is 5.02 Å². The molecule has 0 saturated carbocycles. The van der Waals surface area contributed by atoms with Crippen LogP contribution in [0.4, 0.5) is 0 Å². The van der Waals surface area contributed by atoms with Crippen LogP contribution < -0.4 is 5.32 Å².